The highest BCUT2D eigenvalue weighted by Gasteiger charge is 2.13. The van der Waals surface area contributed by atoms with Gasteiger partial charge in [-0.05, 0) is 19.4 Å². The Kier molecular flexibility index (Phi) is 3.76. The first kappa shape index (κ1) is 14.1. The first-order valence-electron chi connectivity index (χ1n) is 7.31. The first-order valence-corrected chi connectivity index (χ1v) is 7.31. The molecule has 0 fully saturated rings. The van der Waals surface area contributed by atoms with Gasteiger partial charge in [0.1, 0.15) is 11.9 Å². The van der Waals surface area contributed by atoms with Crippen LogP contribution in [0.25, 0.3) is 10.8 Å². The topological polar surface area (TPSA) is 48.7 Å². The number of hydrogen-bond donors (Lipinski definition) is 1. The quantitative estimate of drug-likeness (QED) is 0.766. The van der Waals surface area contributed by atoms with E-state index in [4.69, 9.17) is 0 Å². The molecule has 0 aliphatic heterocycles. The van der Waals surface area contributed by atoms with Crippen LogP contribution in [0.3, 0.4) is 0 Å². The zero-order valence-corrected chi connectivity index (χ0v) is 12.7. The van der Waals surface area contributed by atoms with Crippen molar-refractivity contribution in [3.8, 4) is 6.07 Å². The Labute approximate surface area is 130 Å². The van der Waals surface area contributed by atoms with Crippen molar-refractivity contribution in [3.63, 3.8) is 0 Å². The molecular formula is C19H17N3. The molecule has 0 spiro atoms. The molecule has 0 saturated carbocycles. The van der Waals surface area contributed by atoms with Gasteiger partial charge in [-0.15, -0.1) is 0 Å². The van der Waals surface area contributed by atoms with E-state index in [-0.39, 0.29) is 6.04 Å². The van der Waals surface area contributed by atoms with Crippen LogP contribution in [0.4, 0.5) is 5.82 Å². The van der Waals surface area contributed by atoms with Crippen LogP contribution in [-0.2, 0) is 0 Å². The van der Waals surface area contributed by atoms with E-state index < -0.39 is 0 Å². The van der Waals surface area contributed by atoms with Crippen LogP contribution in [0, 0.1) is 18.3 Å². The molecule has 3 nitrogen and oxygen atoms in total. The summed E-state index contributed by atoms with van der Waals surface area (Å²) in [6, 6.07) is 20.6. The molecule has 108 valence electrons. The number of nitrogens with zero attached hydrogens (tertiary/aromatic N) is 2. The number of benzene rings is 2. The Hall–Kier alpha value is -2.86. The molecule has 0 aliphatic carbocycles. The van der Waals surface area contributed by atoms with Gasteiger partial charge in [0, 0.05) is 16.8 Å². The second-order valence-electron chi connectivity index (χ2n) is 5.35. The monoisotopic (exact) mass is 287 g/mol. The molecule has 0 bridgehead atoms. The Balaban J connectivity index is 2.07. The number of hydrogen-bond acceptors (Lipinski definition) is 3. The van der Waals surface area contributed by atoms with Crippen LogP contribution in [0.2, 0.25) is 0 Å². The zero-order chi connectivity index (χ0) is 15.5. The van der Waals surface area contributed by atoms with E-state index in [9.17, 15) is 5.26 Å². The molecule has 2 aromatic carbocycles. The average molecular weight is 287 g/mol. The largest absolute Gasteiger partial charge is 0.363 e. The van der Waals surface area contributed by atoms with Crippen LogP contribution in [0.15, 0.2) is 54.6 Å². The van der Waals surface area contributed by atoms with Gasteiger partial charge < -0.3 is 5.32 Å². The SMILES string of the molecule is Cc1nc(N[C@@H](C)c2ccccc2)c2ccccc2c1C#N. The summed E-state index contributed by atoms with van der Waals surface area (Å²) < 4.78 is 0. The summed E-state index contributed by atoms with van der Waals surface area (Å²) in [5.41, 5.74) is 2.60. The number of anilines is 1. The van der Waals surface area contributed by atoms with Crippen LogP contribution in [0.5, 0.6) is 0 Å². The Morgan fingerprint density at radius 2 is 1.64 bits per heavy atom. The second-order valence-corrected chi connectivity index (χ2v) is 5.35. The van der Waals surface area contributed by atoms with Gasteiger partial charge >= 0.3 is 0 Å². The molecule has 1 N–H and O–H groups in total. The average Bonchev–Trinajstić information content (AvgIpc) is 2.56. The Bertz CT molecular complexity index is 848. The predicted molar refractivity (Wildman–Crippen MR) is 89.7 cm³/mol. The van der Waals surface area contributed by atoms with E-state index in [2.05, 4.69) is 35.4 Å². The number of aromatic nitrogens is 1. The number of pyridine rings is 1. The van der Waals surface area contributed by atoms with Crippen molar-refractivity contribution in [1.82, 2.24) is 4.98 Å². The fraction of sp³-hybridized carbons (Fsp3) is 0.158. The van der Waals surface area contributed by atoms with E-state index in [0.717, 1.165) is 22.3 Å². The second kappa shape index (κ2) is 5.87. The van der Waals surface area contributed by atoms with E-state index in [1.54, 1.807) is 0 Å². The number of nitrogens with one attached hydrogen (secondary N) is 1. The molecule has 3 rings (SSSR count). The number of rotatable bonds is 3. The fourth-order valence-corrected chi connectivity index (χ4v) is 2.67. The van der Waals surface area contributed by atoms with Gasteiger partial charge in [0.25, 0.3) is 0 Å². The summed E-state index contributed by atoms with van der Waals surface area (Å²) in [6.07, 6.45) is 0. The lowest BCUT2D eigenvalue weighted by molar-refractivity contribution is 0.875. The van der Waals surface area contributed by atoms with Crippen LogP contribution < -0.4 is 5.32 Å². The molecule has 0 aliphatic rings. The molecule has 0 radical (unpaired) electrons. The van der Waals surface area contributed by atoms with Crippen molar-refractivity contribution in [3.05, 3.63) is 71.4 Å². The lowest BCUT2D eigenvalue weighted by atomic mass is 10.0. The molecule has 22 heavy (non-hydrogen) atoms. The fourth-order valence-electron chi connectivity index (χ4n) is 2.67. The molecular weight excluding hydrogens is 270 g/mol. The maximum Gasteiger partial charge on any atom is 0.134 e. The van der Waals surface area contributed by atoms with E-state index in [1.165, 1.54) is 5.56 Å². The van der Waals surface area contributed by atoms with E-state index >= 15 is 0 Å². The highest BCUT2D eigenvalue weighted by molar-refractivity contribution is 5.96. The third kappa shape index (κ3) is 2.51. The Morgan fingerprint density at radius 1 is 1.00 bits per heavy atom. The van der Waals surface area contributed by atoms with Crippen molar-refractivity contribution < 1.29 is 0 Å². The van der Waals surface area contributed by atoms with Crippen molar-refractivity contribution in [1.29, 1.82) is 5.26 Å². The zero-order valence-electron chi connectivity index (χ0n) is 12.7. The molecule has 0 amide bonds. The number of nitriles is 1. The summed E-state index contributed by atoms with van der Waals surface area (Å²) in [4.78, 5) is 4.60. The highest BCUT2D eigenvalue weighted by atomic mass is 15.0. The standard InChI is InChI=1S/C19H17N3/c1-13(15-8-4-3-5-9-15)21-19-17-11-7-6-10-16(17)18(12-20)14(2)22-19/h3-11,13H,1-2H3,(H,21,22)/t13-/m0/s1. The normalized spacial score (nSPS) is 11.9. The number of aryl methyl sites for hydroxylation is 1. The van der Waals surface area contributed by atoms with E-state index in [1.807, 2.05) is 49.4 Å². The summed E-state index contributed by atoms with van der Waals surface area (Å²) in [5, 5.41) is 14.8. The predicted octanol–water partition coefficient (Wildman–Crippen LogP) is 4.59. The third-order valence-electron chi connectivity index (χ3n) is 3.86. The maximum atomic E-state index is 9.36. The molecule has 0 saturated heterocycles. The first-order chi connectivity index (χ1) is 10.7. The summed E-state index contributed by atoms with van der Waals surface area (Å²) in [5.74, 6) is 0.823. The van der Waals surface area contributed by atoms with Gasteiger partial charge in [0.15, 0.2) is 0 Å². The molecule has 3 heteroatoms. The molecule has 1 atom stereocenters. The van der Waals surface area contributed by atoms with Crippen LogP contribution in [0.1, 0.15) is 29.8 Å². The maximum absolute atomic E-state index is 9.36. The van der Waals surface area contributed by atoms with Crippen molar-refractivity contribution in [2.45, 2.75) is 19.9 Å². The van der Waals surface area contributed by atoms with Crippen molar-refractivity contribution in [2.75, 3.05) is 5.32 Å². The smallest absolute Gasteiger partial charge is 0.134 e. The number of fused-ring (bicyclic) bond motifs is 1. The van der Waals surface area contributed by atoms with Crippen LogP contribution in [-0.4, -0.2) is 4.98 Å². The van der Waals surface area contributed by atoms with Gasteiger partial charge in [-0.25, -0.2) is 4.98 Å². The molecule has 3 aromatic rings. The van der Waals surface area contributed by atoms with Crippen LogP contribution >= 0.6 is 0 Å². The lowest BCUT2D eigenvalue weighted by Crippen LogP contribution is -2.09. The summed E-state index contributed by atoms with van der Waals surface area (Å²) in [7, 11) is 0. The van der Waals surface area contributed by atoms with Gasteiger partial charge in [0.2, 0.25) is 0 Å². The third-order valence-corrected chi connectivity index (χ3v) is 3.86. The Morgan fingerprint density at radius 3 is 2.32 bits per heavy atom. The van der Waals surface area contributed by atoms with E-state index in [0.29, 0.717) is 5.56 Å². The highest BCUT2D eigenvalue weighted by Crippen LogP contribution is 2.29. The summed E-state index contributed by atoms with van der Waals surface area (Å²) >= 11 is 0. The minimum Gasteiger partial charge on any atom is -0.363 e. The lowest BCUT2D eigenvalue weighted by Gasteiger charge is -2.17. The van der Waals surface area contributed by atoms with Crippen molar-refractivity contribution >= 4 is 16.6 Å². The minimum atomic E-state index is 0.143. The van der Waals surface area contributed by atoms with Gasteiger partial charge in [0.05, 0.1) is 11.3 Å². The van der Waals surface area contributed by atoms with Gasteiger partial charge in [-0.1, -0.05) is 54.6 Å². The van der Waals surface area contributed by atoms with Crippen molar-refractivity contribution in [2.24, 2.45) is 0 Å². The molecule has 0 unspecified atom stereocenters. The van der Waals surface area contributed by atoms with Gasteiger partial charge in [-0.2, -0.15) is 5.26 Å². The van der Waals surface area contributed by atoms with Gasteiger partial charge in [-0.3, -0.25) is 0 Å². The summed E-state index contributed by atoms with van der Waals surface area (Å²) in [6.45, 7) is 3.99. The molecule has 1 heterocycles. The minimum absolute atomic E-state index is 0.143. The molecule has 1 aromatic heterocycles.